The lowest BCUT2D eigenvalue weighted by molar-refractivity contribution is 0.101. The molecular formula is C25H22O4. The van der Waals surface area contributed by atoms with Crippen LogP contribution >= 0.6 is 0 Å². The fraction of sp³-hybridized carbons (Fsp3) is 0.160. The minimum atomic E-state index is -0.0949. The van der Waals surface area contributed by atoms with Gasteiger partial charge in [-0.2, -0.15) is 0 Å². The van der Waals surface area contributed by atoms with Gasteiger partial charge < -0.3 is 14.2 Å². The van der Waals surface area contributed by atoms with Crippen molar-refractivity contribution in [3.8, 4) is 17.2 Å². The van der Waals surface area contributed by atoms with Gasteiger partial charge in [0, 0.05) is 6.07 Å². The summed E-state index contributed by atoms with van der Waals surface area (Å²) in [6, 6.07) is 19.3. The smallest absolute Gasteiger partial charge is 0.232 e. The standard InChI is InChI=1S/C25H22O4/c1-16-6-4-5-7-19(16)13-23-25(26)24-17(2)12-21(14-22(24)29-23)28-15-18-8-10-20(27-3)11-9-18/h4-14H,15H2,1-3H3/b23-13-. The molecule has 4 rings (SSSR count). The van der Waals surface area contributed by atoms with E-state index < -0.39 is 0 Å². The molecule has 0 fully saturated rings. The van der Waals surface area contributed by atoms with Gasteiger partial charge in [0.1, 0.15) is 23.9 Å². The highest BCUT2D eigenvalue weighted by molar-refractivity contribution is 6.15. The number of fused-ring (bicyclic) bond motifs is 1. The first-order valence-corrected chi connectivity index (χ1v) is 9.45. The summed E-state index contributed by atoms with van der Waals surface area (Å²) in [6.45, 7) is 4.33. The maximum absolute atomic E-state index is 12.8. The van der Waals surface area contributed by atoms with Gasteiger partial charge in [0.2, 0.25) is 5.78 Å². The van der Waals surface area contributed by atoms with Crippen LogP contribution in [0.1, 0.15) is 32.6 Å². The number of ether oxygens (including phenoxy) is 3. The van der Waals surface area contributed by atoms with Gasteiger partial charge in [-0.15, -0.1) is 0 Å². The number of ketones is 1. The van der Waals surface area contributed by atoms with Gasteiger partial charge in [-0.25, -0.2) is 0 Å². The zero-order valence-electron chi connectivity index (χ0n) is 16.7. The third-order valence-electron chi connectivity index (χ3n) is 4.98. The predicted octanol–water partition coefficient (Wildman–Crippen LogP) is 5.51. The molecule has 3 aromatic carbocycles. The first-order chi connectivity index (χ1) is 14.0. The van der Waals surface area contributed by atoms with Gasteiger partial charge in [0.15, 0.2) is 5.76 Å². The van der Waals surface area contributed by atoms with Crippen LogP contribution in [0.2, 0.25) is 0 Å². The highest BCUT2D eigenvalue weighted by Gasteiger charge is 2.30. The maximum atomic E-state index is 12.8. The molecule has 0 saturated carbocycles. The average Bonchev–Trinajstić information content (AvgIpc) is 3.04. The summed E-state index contributed by atoms with van der Waals surface area (Å²) >= 11 is 0. The second-order valence-electron chi connectivity index (χ2n) is 7.05. The number of benzene rings is 3. The normalized spacial score (nSPS) is 13.9. The quantitative estimate of drug-likeness (QED) is 0.543. The maximum Gasteiger partial charge on any atom is 0.232 e. The summed E-state index contributed by atoms with van der Waals surface area (Å²) < 4.78 is 17.0. The zero-order chi connectivity index (χ0) is 20.4. The number of hydrogen-bond acceptors (Lipinski definition) is 4. The Morgan fingerprint density at radius 1 is 0.931 bits per heavy atom. The van der Waals surface area contributed by atoms with E-state index in [4.69, 9.17) is 14.2 Å². The van der Waals surface area contributed by atoms with E-state index in [0.29, 0.717) is 29.4 Å². The van der Waals surface area contributed by atoms with Crippen LogP contribution in [0, 0.1) is 13.8 Å². The molecule has 1 aliphatic rings. The molecule has 1 heterocycles. The van der Waals surface area contributed by atoms with Crippen LogP contribution < -0.4 is 14.2 Å². The molecule has 0 aliphatic carbocycles. The summed E-state index contributed by atoms with van der Waals surface area (Å²) in [4.78, 5) is 12.8. The lowest BCUT2D eigenvalue weighted by Gasteiger charge is -2.09. The summed E-state index contributed by atoms with van der Waals surface area (Å²) in [5.74, 6) is 2.26. The van der Waals surface area contributed by atoms with Crippen LogP contribution in [-0.4, -0.2) is 12.9 Å². The van der Waals surface area contributed by atoms with Crippen LogP contribution in [0.25, 0.3) is 6.08 Å². The fourth-order valence-corrected chi connectivity index (χ4v) is 3.34. The van der Waals surface area contributed by atoms with Crippen molar-refractivity contribution < 1.29 is 19.0 Å². The Labute approximate surface area is 170 Å². The van der Waals surface area contributed by atoms with Crippen molar-refractivity contribution in [1.82, 2.24) is 0 Å². The second-order valence-corrected chi connectivity index (χ2v) is 7.05. The van der Waals surface area contributed by atoms with Crippen molar-refractivity contribution in [2.24, 2.45) is 0 Å². The highest BCUT2D eigenvalue weighted by Crippen LogP contribution is 2.38. The zero-order valence-corrected chi connectivity index (χ0v) is 16.7. The lowest BCUT2D eigenvalue weighted by Crippen LogP contribution is -2.00. The SMILES string of the molecule is COc1ccc(COc2cc(C)c3c(c2)O/C(=C\c2ccccc2C)C3=O)cc1. The Morgan fingerprint density at radius 3 is 2.41 bits per heavy atom. The molecule has 0 radical (unpaired) electrons. The molecule has 0 amide bonds. The molecule has 0 spiro atoms. The summed E-state index contributed by atoms with van der Waals surface area (Å²) in [6.07, 6.45) is 1.80. The van der Waals surface area contributed by atoms with E-state index in [0.717, 1.165) is 28.0 Å². The minimum absolute atomic E-state index is 0.0949. The lowest BCUT2D eigenvalue weighted by atomic mass is 10.0. The van der Waals surface area contributed by atoms with Crippen molar-refractivity contribution in [2.45, 2.75) is 20.5 Å². The van der Waals surface area contributed by atoms with Crippen molar-refractivity contribution >= 4 is 11.9 Å². The highest BCUT2D eigenvalue weighted by atomic mass is 16.5. The molecule has 1 aliphatic heterocycles. The van der Waals surface area contributed by atoms with Gasteiger partial charge in [0.05, 0.1) is 12.7 Å². The molecule has 29 heavy (non-hydrogen) atoms. The van der Waals surface area contributed by atoms with Crippen LogP contribution in [0.3, 0.4) is 0 Å². The number of hydrogen-bond donors (Lipinski definition) is 0. The van der Waals surface area contributed by atoms with Crippen molar-refractivity contribution in [3.63, 3.8) is 0 Å². The van der Waals surface area contributed by atoms with Crippen LogP contribution in [0.4, 0.5) is 0 Å². The van der Waals surface area contributed by atoms with Gasteiger partial charge in [-0.1, -0.05) is 36.4 Å². The molecule has 0 N–H and O–H groups in total. The Hall–Kier alpha value is -3.53. The number of carbonyl (C=O) groups is 1. The van der Waals surface area contributed by atoms with E-state index in [1.54, 1.807) is 19.3 Å². The van der Waals surface area contributed by atoms with E-state index in [1.165, 1.54) is 0 Å². The number of carbonyl (C=O) groups excluding carboxylic acids is 1. The first-order valence-electron chi connectivity index (χ1n) is 9.45. The predicted molar refractivity (Wildman–Crippen MR) is 113 cm³/mol. The second kappa shape index (κ2) is 7.84. The van der Waals surface area contributed by atoms with Gasteiger partial charge >= 0.3 is 0 Å². The number of Topliss-reactive ketones (excluding diaryl/α,β-unsaturated/α-hetero) is 1. The Kier molecular flexibility index (Phi) is 5.09. The molecule has 0 atom stereocenters. The van der Waals surface area contributed by atoms with Gasteiger partial charge in [-0.3, -0.25) is 4.79 Å². The van der Waals surface area contributed by atoms with E-state index in [2.05, 4.69) is 0 Å². The topological polar surface area (TPSA) is 44.8 Å². The molecule has 0 saturated heterocycles. The van der Waals surface area contributed by atoms with E-state index in [1.807, 2.05) is 68.4 Å². The third-order valence-corrected chi connectivity index (χ3v) is 4.98. The van der Waals surface area contributed by atoms with Crippen molar-refractivity contribution in [2.75, 3.05) is 7.11 Å². The molecule has 0 aromatic heterocycles. The van der Waals surface area contributed by atoms with Gasteiger partial charge in [0.25, 0.3) is 0 Å². The monoisotopic (exact) mass is 386 g/mol. The number of rotatable bonds is 5. The first kappa shape index (κ1) is 18.8. The Bertz CT molecular complexity index is 1090. The van der Waals surface area contributed by atoms with Crippen molar-refractivity contribution in [3.05, 3.63) is 94.2 Å². The summed E-state index contributed by atoms with van der Waals surface area (Å²) in [5, 5.41) is 0. The molecule has 3 aromatic rings. The molecule has 4 nitrogen and oxygen atoms in total. The van der Waals surface area contributed by atoms with E-state index in [9.17, 15) is 4.79 Å². The summed E-state index contributed by atoms with van der Waals surface area (Å²) in [5.41, 5.74) is 4.53. The minimum Gasteiger partial charge on any atom is -0.497 e. The van der Waals surface area contributed by atoms with Crippen molar-refractivity contribution in [1.29, 1.82) is 0 Å². The van der Waals surface area contributed by atoms with E-state index in [-0.39, 0.29) is 5.78 Å². The van der Waals surface area contributed by atoms with Gasteiger partial charge in [-0.05, 0) is 60.4 Å². The Morgan fingerprint density at radius 2 is 1.69 bits per heavy atom. The van der Waals surface area contributed by atoms with Crippen LogP contribution in [0.15, 0.2) is 66.4 Å². The summed E-state index contributed by atoms with van der Waals surface area (Å²) in [7, 11) is 1.64. The number of methoxy groups -OCH3 is 1. The van der Waals surface area contributed by atoms with E-state index >= 15 is 0 Å². The number of allylic oxidation sites excluding steroid dienone is 1. The fourth-order valence-electron chi connectivity index (χ4n) is 3.34. The molecule has 0 bridgehead atoms. The van der Waals surface area contributed by atoms with Crippen LogP contribution in [0.5, 0.6) is 17.2 Å². The molecule has 0 unspecified atom stereocenters. The molecule has 4 heteroatoms. The van der Waals surface area contributed by atoms with Crippen LogP contribution in [-0.2, 0) is 6.61 Å². The molecule has 146 valence electrons. The average molecular weight is 386 g/mol. The number of aryl methyl sites for hydroxylation is 2. The largest absolute Gasteiger partial charge is 0.497 e. The molecular weight excluding hydrogens is 364 g/mol. The third kappa shape index (κ3) is 3.87. The Balaban J connectivity index is 1.55.